The molecule has 1 aromatic heterocycles. The number of aromatic nitrogens is 1. The molecule has 7 nitrogen and oxygen atoms in total. The second-order valence-corrected chi connectivity index (χ2v) is 8.14. The maximum Gasteiger partial charge on any atom is 0.261 e. The predicted molar refractivity (Wildman–Crippen MR) is 115 cm³/mol. The summed E-state index contributed by atoms with van der Waals surface area (Å²) >= 11 is 1.34. The number of carbonyl (C=O) groups is 3. The van der Waals surface area contributed by atoms with Crippen LogP contribution in [-0.4, -0.2) is 46.6 Å². The Morgan fingerprint density at radius 2 is 1.80 bits per heavy atom. The largest absolute Gasteiger partial charge is 0.304 e. The Kier molecular flexibility index (Phi) is 5.43. The fourth-order valence-electron chi connectivity index (χ4n) is 3.27. The number of carbonyl (C=O) groups excluding carboxylic acids is 3. The number of thiazole rings is 1. The van der Waals surface area contributed by atoms with E-state index >= 15 is 0 Å². The van der Waals surface area contributed by atoms with Gasteiger partial charge in [0.15, 0.2) is 5.13 Å². The molecule has 0 radical (unpaired) electrons. The molecule has 1 aliphatic rings. The molecule has 0 fully saturated rings. The Bertz CT molecular complexity index is 1120. The lowest BCUT2D eigenvalue weighted by molar-refractivity contribution is 0.0642. The van der Waals surface area contributed by atoms with Crippen LogP contribution in [0.5, 0.6) is 0 Å². The fourth-order valence-corrected chi connectivity index (χ4v) is 3.97. The standard InChI is InChI=1S/C22H20N4O3S/c1-25(2)12-16-13-30-22(23-16)24-19(27)15-8-9-17-18(10-15)21(29)26(20(17)28)11-14-6-4-3-5-7-14/h3-10,13H,11-12H2,1-2H3,(H,23,24,27). The molecule has 152 valence electrons. The quantitative estimate of drug-likeness (QED) is 0.619. The SMILES string of the molecule is CN(C)Cc1csc(NC(=O)c2ccc3c(c2)C(=O)N(Cc2ccccc2)C3=O)n1. The summed E-state index contributed by atoms with van der Waals surface area (Å²) in [4.78, 5) is 45.7. The molecule has 8 heteroatoms. The highest BCUT2D eigenvalue weighted by atomic mass is 32.1. The van der Waals surface area contributed by atoms with E-state index < -0.39 is 5.91 Å². The molecule has 0 saturated carbocycles. The molecule has 0 spiro atoms. The minimum Gasteiger partial charge on any atom is -0.304 e. The summed E-state index contributed by atoms with van der Waals surface area (Å²) in [5.41, 5.74) is 2.60. The third kappa shape index (κ3) is 4.00. The van der Waals surface area contributed by atoms with E-state index in [-0.39, 0.29) is 23.9 Å². The Balaban J connectivity index is 1.51. The van der Waals surface area contributed by atoms with Crippen molar-refractivity contribution in [2.24, 2.45) is 0 Å². The van der Waals surface area contributed by atoms with Gasteiger partial charge in [-0.15, -0.1) is 11.3 Å². The van der Waals surface area contributed by atoms with E-state index in [1.807, 2.05) is 54.7 Å². The summed E-state index contributed by atoms with van der Waals surface area (Å²) in [6, 6.07) is 13.9. The van der Waals surface area contributed by atoms with E-state index in [0.29, 0.717) is 22.8 Å². The van der Waals surface area contributed by atoms with Gasteiger partial charge >= 0.3 is 0 Å². The van der Waals surface area contributed by atoms with Crippen molar-refractivity contribution in [3.05, 3.63) is 81.9 Å². The first kappa shape index (κ1) is 19.9. The van der Waals surface area contributed by atoms with E-state index in [9.17, 15) is 14.4 Å². The number of rotatable bonds is 6. The van der Waals surface area contributed by atoms with Crippen molar-refractivity contribution in [2.45, 2.75) is 13.1 Å². The monoisotopic (exact) mass is 420 g/mol. The number of fused-ring (bicyclic) bond motifs is 1. The number of nitrogens with zero attached hydrogens (tertiary/aromatic N) is 3. The molecule has 0 bridgehead atoms. The number of imide groups is 1. The molecule has 1 aliphatic heterocycles. The number of nitrogens with one attached hydrogen (secondary N) is 1. The van der Waals surface area contributed by atoms with Crippen LogP contribution in [0, 0.1) is 0 Å². The van der Waals surface area contributed by atoms with Gasteiger partial charge in [0, 0.05) is 17.5 Å². The zero-order valence-corrected chi connectivity index (χ0v) is 17.4. The van der Waals surface area contributed by atoms with Crippen molar-refractivity contribution in [3.63, 3.8) is 0 Å². The van der Waals surface area contributed by atoms with Crippen molar-refractivity contribution in [1.82, 2.24) is 14.8 Å². The highest BCUT2D eigenvalue weighted by molar-refractivity contribution is 7.14. The van der Waals surface area contributed by atoms with Gasteiger partial charge in [0.2, 0.25) is 0 Å². The predicted octanol–water partition coefficient (Wildman–Crippen LogP) is 3.25. The minimum absolute atomic E-state index is 0.197. The van der Waals surface area contributed by atoms with E-state index in [1.165, 1.54) is 28.4 Å². The summed E-state index contributed by atoms with van der Waals surface area (Å²) < 4.78 is 0. The number of amides is 3. The molecule has 3 amide bonds. The molecule has 2 aromatic carbocycles. The molecule has 0 aliphatic carbocycles. The van der Waals surface area contributed by atoms with E-state index in [4.69, 9.17) is 0 Å². The summed E-state index contributed by atoms with van der Waals surface area (Å²) in [5.74, 6) is -1.11. The molecule has 2 heterocycles. The first-order chi connectivity index (χ1) is 14.4. The summed E-state index contributed by atoms with van der Waals surface area (Å²) in [5, 5.41) is 5.14. The Hall–Kier alpha value is -3.36. The van der Waals surface area contributed by atoms with Crippen LogP contribution in [0.1, 0.15) is 42.3 Å². The average molecular weight is 420 g/mol. The van der Waals surface area contributed by atoms with E-state index in [1.54, 1.807) is 6.07 Å². The lowest BCUT2D eigenvalue weighted by Crippen LogP contribution is -2.29. The Morgan fingerprint density at radius 3 is 2.53 bits per heavy atom. The number of benzene rings is 2. The molecule has 4 rings (SSSR count). The summed E-state index contributed by atoms with van der Waals surface area (Å²) in [6.45, 7) is 0.877. The highest BCUT2D eigenvalue weighted by Crippen LogP contribution is 2.26. The molecule has 3 aromatic rings. The van der Waals surface area contributed by atoms with Crippen LogP contribution in [-0.2, 0) is 13.1 Å². The Morgan fingerprint density at radius 1 is 1.07 bits per heavy atom. The van der Waals surface area contributed by atoms with E-state index in [2.05, 4.69) is 10.3 Å². The number of anilines is 1. The smallest absolute Gasteiger partial charge is 0.261 e. The topological polar surface area (TPSA) is 82.6 Å². The molecule has 0 atom stereocenters. The first-order valence-corrected chi connectivity index (χ1v) is 10.2. The van der Waals surface area contributed by atoms with Crippen LogP contribution in [0.4, 0.5) is 5.13 Å². The molecule has 0 saturated heterocycles. The molecule has 0 unspecified atom stereocenters. The van der Waals surface area contributed by atoms with Crippen LogP contribution in [0.15, 0.2) is 53.9 Å². The van der Waals surface area contributed by atoms with E-state index in [0.717, 1.165) is 11.3 Å². The fraction of sp³-hybridized carbons (Fsp3) is 0.182. The highest BCUT2D eigenvalue weighted by Gasteiger charge is 2.36. The van der Waals surface area contributed by atoms with Gasteiger partial charge in [-0.25, -0.2) is 4.98 Å². The van der Waals surface area contributed by atoms with Crippen molar-refractivity contribution in [2.75, 3.05) is 19.4 Å². The second kappa shape index (κ2) is 8.17. The third-order valence-corrected chi connectivity index (χ3v) is 5.47. The lowest BCUT2D eigenvalue weighted by atomic mass is 10.1. The lowest BCUT2D eigenvalue weighted by Gasteiger charge is -2.13. The number of hydrogen-bond acceptors (Lipinski definition) is 6. The van der Waals surface area contributed by atoms with Crippen LogP contribution in [0.2, 0.25) is 0 Å². The van der Waals surface area contributed by atoms with Gasteiger partial charge in [-0.2, -0.15) is 0 Å². The van der Waals surface area contributed by atoms with Gasteiger partial charge in [0.05, 0.1) is 23.4 Å². The molecule has 30 heavy (non-hydrogen) atoms. The van der Waals surface area contributed by atoms with Gasteiger partial charge < -0.3 is 4.90 Å². The van der Waals surface area contributed by atoms with Crippen LogP contribution in [0.25, 0.3) is 0 Å². The average Bonchev–Trinajstić information content (AvgIpc) is 3.25. The van der Waals surface area contributed by atoms with Crippen LogP contribution >= 0.6 is 11.3 Å². The zero-order valence-electron chi connectivity index (χ0n) is 16.6. The zero-order chi connectivity index (χ0) is 21.3. The van der Waals surface area contributed by atoms with Gasteiger partial charge in [-0.1, -0.05) is 30.3 Å². The third-order valence-electron chi connectivity index (χ3n) is 4.67. The van der Waals surface area contributed by atoms with Gasteiger partial charge in [-0.05, 0) is 37.9 Å². The van der Waals surface area contributed by atoms with Crippen LogP contribution < -0.4 is 5.32 Å². The number of hydrogen-bond donors (Lipinski definition) is 1. The van der Waals surface area contributed by atoms with Crippen molar-refractivity contribution >= 4 is 34.2 Å². The summed E-state index contributed by atoms with van der Waals surface area (Å²) in [6.07, 6.45) is 0. The first-order valence-electron chi connectivity index (χ1n) is 9.37. The van der Waals surface area contributed by atoms with Crippen molar-refractivity contribution in [3.8, 4) is 0 Å². The van der Waals surface area contributed by atoms with Gasteiger partial charge in [0.25, 0.3) is 17.7 Å². The maximum absolute atomic E-state index is 12.8. The van der Waals surface area contributed by atoms with Gasteiger partial charge in [-0.3, -0.25) is 24.6 Å². The second-order valence-electron chi connectivity index (χ2n) is 7.28. The molecular formula is C22H20N4O3S. The van der Waals surface area contributed by atoms with Crippen molar-refractivity contribution in [1.29, 1.82) is 0 Å². The normalized spacial score (nSPS) is 13.1. The molecular weight excluding hydrogens is 400 g/mol. The molecule has 1 N–H and O–H groups in total. The van der Waals surface area contributed by atoms with Crippen LogP contribution in [0.3, 0.4) is 0 Å². The van der Waals surface area contributed by atoms with Crippen molar-refractivity contribution < 1.29 is 14.4 Å². The maximum atomic E-state index is 12.8. The summed E-state index contributed by atoms with van der Waals surface area (Å²) in [7, 11) is 3.89. The minimum atomic E-state index is -0.393. The Labute approximate surface area is 178 Å². The van der Waals surface area contributed by atoms with Gasteiger partial charge in [0.1, 0.15) is 0 Å².